The molecule has 0 aliphatic carbocycles. The van der Waals surface area contributed by atoms with Gasteiger partial charge < -0.3 is 5.11 Å². The summed E-state index contributed by atoms with van der Waals surface area (Å²) in [5.41, 5.74) is 0.326. The summed E-state index contributed by atoms with van der Waals surface area (Å²) < 4.78 is 0. The Labute approximate surface area is 82.6 Å². The van der Waals surface area contributed by atoms with Crippen molar-refractivity contribution < 1.29 is 9.90 Å². The highest BCUT2D eigenvalue weighted by Crippen LogP contribution is 2.23. The van der Waals surface area contributed by atoms with Crippen LogP contribution in [0.5, 0.6) is 0 Å². The molecule has 1 aromatic rings. The van der Waals surface area contributed by atoms with E-state index >= 15 is 0 Å². The van der Waals surface area contributed by atoms with Gasteiger partial charge in [0.2, 0.25) is 0 Å². The molecule has 0 heterocycles. The number of hydrogen-bond acceptors (Lipinski definition) is 2. The fourth-order valence-corrected chi connectivity index (χ4v) is 1.08. The standard InChI is InChI=1S/C11H11NO2/c1-11(2,10(13)14)9-5-3-8(7-12)4-6-9/h3-6H,1-2H3,(H,13,14). The Morgan fingerprint density at radius 1 is 1.36 bits per heavy atom. The zero-order valence-electron chi connectivity index (χ0n) is 8.11. The lowest BCUT2D eigenvalue weighted by Crippen LogP contribution is -2.28. The molecule has 0 bridgehead atoms. The Kier molecular flexibility index (Phi) is 2.57. The van der Waals surface area contributed by atoms with E-state index in [-0.39, 0.29) is 0 Å². The van der Waals surface area contributed by atoms with Crippen LogP contribution in [0.25, 0.3) is 0 Å². The SMILES string of the molecule is CC(C)(C(=O)O)c1ccc(C#N)cc1. The van der Waals surface area contributed by atoms with Crippen LogP contribution in [0.15, 0.2) is 24.3 Å². The molecule has 0 radical (unpaired) electrons. The predicted molar refractivity (Wildman–Crippen MR) is 51.8 cm³/mol. The van der Waals surface area contributed by atoms with Gasteiger partial charge in [0.15, 0.2) is 0 Å². The molecule has 0 saturated carbocycles. The third-order valence-electron chi connectivity index (χ3n) is 2.27. The molecule has 1 N–H and O–H groups in total. The molecular weight excluding hydrogens is 178 g/mol. The van der Waals surface area contributed by atoms with Gasteiger partial charge >= 0.3 is 5.97 Å². The first-order valence-electron chi connectivity index (χ1n) is 4.22. The molecule has 1 rings (SSSR count). The van der Waals surface area contributed by atoms with Crippen molar-refractivity contribution in [1.82, 2.24) is 0 Å². The van der Waals surface area contributed by atoms with Crippen LogP contribution in [0.1, 0.15) is 25.0 Å². The van der Waals surface area contributed by atoms with Crippen molar-refractivity contribution in [3.63, 3.8) is 0 Å². The fourth-order valence-electron chi connectivity index (χ4n) is 1.08. The number of rotatable bonds is 2. The third-order valence-corrected chi connectivity index (χ3v) is 2.27. The van der Waals surface area contributed by atoms with Gasteiger partial charge in [-0.2, -0.15) is 5.26 Å². The molecule has 0 fully saturated rings. The van der Waals surface area contributed by atoms with E-state index in [9.17, 15) is 4.79 Å². The van der Waals surface area contributed by atoms with Crippen molar-refractivity contribution in [2.75, 3.05) is 0 Å². The molecule has 0 saturated heterocycles. The number of hydrogen-bond donors (Lipinski definition) is 1. The van der Waals surface area contributed by atoms with Gasteiger partial charge in [-0.1, -0.05) is 12.1 Å². The number of carbonyl (C=O) groups is 1. The molecule has 0 spiro atoms. The number of carboxylic acids is 1. The molecule has 3 nitrogen and oxygen atoms in total. The van der Waals surface area contributed by atoms with Crippen LogP contribution in [0.4, 0.5) is 0 Å². The highest BCUT2D eigenvalue weighted by molar-refractivity contribution is 5.80. The van der Waals surface area contributed by atoms with Crippen LogP contribution in [0.2, 0.25) is 0 Å². The average Bonchev–Trinajstić information content (AvgIpc) is 2.17. The molecule has 1 aromatic carbocycles. The van der Waals surface area contributed by atoms with Crippen LogP contribution >= 0.6 is 0 Å². The fraction of sp³-hybridized carbons (Fsp3) is 0.273. The molecule has 0 aromatic heterocycles. The maximum absolute atomic E-state index is 10.9. The zero-order chi connectivity index (χ0) is 10.8. The summed E-state index contributed by atoms with van der Waals surface area (Å²) in [5, 5.41) is 17.5. The van der Waals surface area contributed by atoms with Gasteiger partial charge in [-0.15, -0.1) is 0 Å². The second kappa shape index (κ2) is 3.51. The molecule has 14 heavy (non-hydrogen) atoms. The zero-order valence-corrected chi connectivity index (χ0v) is 8.11. The average molecular weight is 189 g/mol. The molecule has 0 atom stereocenters. The van der Waals surface area contributed by atoms with Gasteiger partial charge in [-0.05, 0) is 31.5 Å². The van der Waals surface area contributed by atoms with E-state index in [2.05, 4.69) is 0 Å². The molecular formula is C11H11NO2. The van der Waals surface area contributed by atoms with Crippen LogP contribution in [-0.4, -0.2) is 11.1 Å². The minimum atomic E-state index is -0.909. The van der Waals surface area contributed by atoms with Gasteiger partial charge in [0.05, 0.1) is 17.0 Å². The minimum absolute atomic E-state index is 0.537. The molecule has 0 unspecified atom stereocenters. The first-order chi connectivity index (χ1) is 6.48. The van der Waals surface area contributed by atoms with E-state index in [1.54, 1.807) is 38.1 Å². The van der Waals surface area contributed by atoms with Crippen LogP contribution in [0, 0.1) is 11.3 Å². The number of carboxylic acid groups (broad SMARTS) is 1. The monoisotopic (exact) mass is 189 g/mol. The summed E-state index contributed by atoms with van der Waals surface area (Å²) in [6, 6.07) is 8.58. The summed E-state index contributed by atoms with van der Waals surface area (Å²) in [7, 11) is 0. The molecule has 0 aliphatic heterocycles. The lowest BCUT2D eigenvalue weighted by molar-refractivity contribution is -0.142. The molecule has 0 amide bonds. The van der Waals surface area contributed by atoms with Crippen molar-refractivity contribution in [2.45, 2.75) is 19.3 Å². The maximum atomic E-state index is 10.9. The highest BCUT2D eigenvalue weighted by Gasteiger charge is 2.28. The molecule has 3 heteroatoms. The van der Waals surface area contributed by atoms with Gasteiger partial charge in [0, 0.05) is 0 Å². The van der Waals surface area contributed by atoms with E-state index in [0.717, 1.165) is 0 Å². The normalized spacial score (nSPS) is 10.6. The Morgan fingerprint density at radius 2 is 1.86 bits per heavy atom. The third kappa shape index (κ3) is 1.74. The first-order valence-corrected chi connectivity index (χ1v) is 4.22. The second-order valence-electron chi connectivity index (χ2n) is 3.62. The van der Waals surface area contributed by atoms with E-state index in [1.807, 2.05) is 6.07 Å². The van der Waals surface area contributed by atoms with Gasteiger partial charge in [0.1, 0.15) is 0 Å². The van der Waals surface area contributed by atoms with E-state index in [1.165, 1.54) is 0 Å². The Balaban J connectivity index is 3.10. The Hall–Kier alpha value is -1.82. The summed E-state index contributed by atoms with van der Waals surface area (Å²) in [4.78, 5) is 10.9. The highest BCUT2D eigenvalue weighted by atomic mass is 16.4. The number of nitrogens with zero attached hydrogens (tertiary/aromatic N) is 1. The Bertz CT molecular complexity index is 385. The van der Waals surface area contributed by atoms with E-state index in [0.29, 0.717) is 11.1 Å². The van der Waals surface area contributed by atoms with Gasteiger partial charge in [-0.3, -0.25) is 4.79 Å². The number of nitriles is 1. The first kappa shape index (κ1) is 10.3. The summed E-state index contributed by atoms with van der Waals surface area (Å²) in [6.07, 6.45) is 0. The van der Waals surface area contributed by atoms with Crippen molar-refractivity contribution in [2.24, 2.45) is 0 Å². The van der Waals surface area contributed by atoms with Crippen LogP contribution in [0.3, 0.4) is 0 Å². The molecule has 0 aliphatic rings. The summed E-state index contributed by atoms with van der Waals surface area (Å²) in [5.74, 6) is -0.873. The number of benzene rings is 1. The van der Waals surface area contributed by atoms with Crippen molar-refractivity contribution >= 4 is 5.97 Å². The van der Waals surface area contributed by atoms with E-state index in [4.69, 9.17) is 10.4 Å². The number of aliphatic carboxylic acids is 1. The lowest BCUT2D eigenvalue weighted by atomic mass is 9.84. The van der Waals surface area contributed by atoms with Crippen molar-refractivity contribution in [3.8, 4) is 6.07 Å². The molecule has 72 valence electrons. The lowest BCUT2D eigenvalue weighted by Gasteiger charge is -2.19. The van der Waals surface area contributed by atoms with Gasteiger partial charge in [0.25, 0.3) is 0 Å². The van der Waals surface area contributed by atoms with Gasteiger partial charge in [-0.25, -0.2) is 0 Å². The topological polar surface area (TPSA) is 61.1 Å². The van der Waals surface area contributed by atoms with Crippen molar-refractivity contribution in [3.05, 3.63) is 35.4 Å². The predicted octanol–water partition coefficient (Wildman–Crippen LogP) is 1.92. The summed E-state index contributed by atoms with van der Waals surface area (Å²) >= 11 is 0. The van der Waals surface area contributed by atoms with Crippen molar-refractivity contribution in [1.29, 1.82) is 5.26 Å². The maximum Gasteiger partial charge on any atom is 0.313 e. The quantitative estimate of drug-likeness (QED) is 0.773. The Morgan fingerprint density at radius 3 is 2.21 bits per heavy atom. The van der Waals surface area contributed by atoms with E-state index < -0.39 is 11.4 Å². The minimum Gasteiger partial charge on any atom is -0.481 e. The van der Waals surface area contributed by atoms with Crippen LogP contribution < -0.4 is 0 Å². The largest absolute Gasteiger partial charge is 0.481 e. The smallest absolute Gasteiger partial charge is 0.313 e. The second-order valence-corrected chi connectivity index (χ2v) is 3.62. The summed E-state index contributed by atoms with van der Waals surface area (Å²) in [6.45, 7) is 3.27. The van der Waals surface area contributed by atoms with Crippen LogP contribution in [-0.2, 0) is 10.2 Å².